The summed E-state index contributed by atoms with van der Waals surface area (Å²) < 4.78 is 32.1. The van der Waals surface area contributed by atoms with Crippen LogP contribution in [0.4, 0.5) is 5.69 Å². The van der Waals surface area contributed by atoms with Crippen molar-refractivity contribution in [2.24, 2.45) is 0 Å². The minimum atomic E-state index is -3.55. The summed E-state index contributed by atoms with van der Waals surface area (Å²) in [5, 5.41) is 0. The largest absolute Gasteiger partial charge is 0.398 e. The average Bonchev–Trinajstić information content (AvgIpc) is 2.29. The van der Waals surface area contributed by atoms with Crippen LogP contribution in [0.25, 0.3) is 0 Å². The first-order valence-electron chi connectivity index (χ1n) is 5.83. The van der Waals surface area contributed by atoms with E-state index in [1.807, 2.05) is 6.92 Å². The second kappa shape index (κ2) is 6.17. The number of nitrogens with two attached hydrogens (primary N) is 1. The summed E-state index contributed by atoms with van der Waals surface area (Å²) in [6.07, 6.45) is 0. The lowest BCUT2D eigenvalue weighted by Crippen LogP contribution is -2.36. The fourth-order valence-electron chi connectivity index (χ4n) is 1.58. The second-order valence-electron chi connectivity index (χ2n) is 4.15. The molecule has 0 aliphatic rings. The van der Waals surface area contributed by atoms with Crippen molar-refractivity contribution in [1.82, 2.24) is 4.72 Å². The number of hydrogen-bond donors (Lipinski definition) is 2. The van der Waals surface area contributed by atoms with E-state index in [1.165, 1.54) is 0 Å². The van der Waals surface area contributed by atoms with Crippen molar-refractivity contribution in [3.8, 4) is 0 Å². The van der Waals surface area contributed by atoms with E-state index in [1.54, 1.807) is 32.0 Å². The molecular formula is C12H20N2O3S. The Morgan fingerprint density at radius 3 is 2.72 bits per heavy atom. The molecule has 1 unspecified atom stereocenters. The molecule has 1 aromatic rings. The van der Waals surface area contributed by atoms with Gasteiger partial charge in [0.25, 0.3) is 0 Å². The maximum atomic E-state index is 12.2. The molecule has 0 amide bonds. The van der Waals surface area contributed by atoms with Gasteiger partial charge < -0.3 is 10.5 Å². The quantitative estimate of drug-likeness (QED) is 0.764. The first-order valence-corrected chi connectivity index (χ1v) is 7.32. The molecule has 0 aliphatic heterocycles. The Morgan fingerprint density at radius 1 is 1.44 bits per heavy atom. The molecule has 0 saturated heterocycles. The monoisotopic (exact) mass is 272 g/mol. The van der Waals surface area contributed by atoms with Crippen LogP contribution in [0, 0.1) is 6.92 Å². The van der Waals surface area contributed by atoms with E-state index in [4.69, 9.17) is 10.5 Å². The number of ether oxygens (including phenoxy) is 1. The average molecular weight is 272 g/mol. The van der Waals surface area contributed by atoms with Crippen LogP contribution in [0.1, 0.15) is 19.4 Å². The van der Waals surface area contributed by atoms with Crippen molar-refractivity contribution in [3.05, 3.63) is 23.8 Å². The predicted molar refractivity (Wildman–Crippen MR) is 71.9 cm³/mol. The highest BCUT2D eigenvalue weighted by molar-refractivity contribution is 7.89. The molecule has 0 radical (unpaired) electrons. The molecule has 0 heterocycles. The zero-order chi connectivity index (χ0) is 13.8. The summed E-state index contributed by atoms with van der Waals surface area (Å²) in [4.78, 5) is 0.214. The lowest BCUT2D eigenvalue weighted by atomic mass is 10.2. The van der Waals surface area contributed by atoms with Crippen molar-refractivity contribution in [3.63, 3.8) is 0 Å². The van der Waals surface area contributed by atoms with Gasteiger partial charge in [-0.3, -0.25) is 0 Å². The zero-order valence-electron chi connectivity index (χ0n) is 10.9. The summed E-state index contributed by atoms with van der Waals surface area (Å²) in [5.41, 5.74) is 6.74. The SMILES string of the molecule is CCOCC(C)NS(=O)(=O)c1cccc(N)c1C. The number of benzene rings is 1. The summed E-state index contributed by atoms with van der Waals surface area (Å²) in [7, 11) is -3.55. The fraction of sp³-hybridized carbons (Fsp3) is 0.500. The van der Waals surface area contributed by atoms with Crippen molar-refractivity contribution in [2.75, 3.05) is 18.9 Å². The third kappa shape index (κ3) is 3.69. The van der Waals surface area contributed by atoms with Crippen molar-refractivity contribution < 1.29 is 13.2 Å². The number of nitrogen functional groups attached to an aromatic ring is 1. The summed E-state index contributed by atoms with van der Waals surface area (Å²) >= 11 is 0. The smallest absolute Gasteiger partial charge is 0.241 e. The molecule has 0 saturated carbocycles. The van der Waals surface area contributed by atoms with Crippen LogP contribution in [0.5, 0.6) is 0 Å². The fourth-order valence-corrected chi connectivity index (χ4v) is 3.08. The molecule has 6 heteroatoms. The van der Waals surface area contributed by atoms with Gasteiger partial charge in [-0.05, 0) is 38.5 Å². The Balaban J connectivity index is 2.90. The first-order chi connectivity index (χ1) is 8.38. The Hall–Kier alpha value is -1.11. The van der Waals surface area contributed by atoms with Crippen LogP contribution in [0.15, 0.2) is 23.1 Å². The molecular weight excluding hydrogens is 252 g/mol. The van der Waals surface area contributed by atoms with E-state index in [-0.39, 0.29) is 10.9 Å². The van der Waals surface area contributed by atoms with E-state index < -0.39 is 10.0 Å². The molecule has 1 atom stereocenters. The van der Waals surface area contributed by atoms with Crippen LogP contribution >= 0.6 is 0 Å². The topological polar surface area (TPSA) is 81.4 Å². The van der Waals surface area contributed by atoms with Gasteiger partial charge in [0.15, 0.2) is 0 Å². The summed E-state index contributed by atoms with van der Waals surface area (Å²) in [5.74, 6) is 0. The van der Waals surface area contributed by atoms with E-state index in [0.29, 0.717) is 24.5 Å². The summed E-state index contributed by atoms with van der Waals surface area (Å²) in [6, 6.07) is 4.57. The third-order valence-electron chi connectivity index (χ3n) is 2.54. The van der Waals surface area contributed by atoms with Crippen LogP contribution < -0.4 is 10.5 Å². The molecule has 3 N–H and O–H groups in total. The molecule has 0 aromatic heterocycles. The van der Waals surface area contributed by atoms with E-state index in [0.717, 1.165) is 0 Å². The van der Waals surface area contributed by atoms with Crippen molar-refractivity contribution in [1.29, 1.82) is 0 Å². The normalized spacial score (nSPS) is 13.5. The number of anilines is 1. The van der Waals surface area contributed by atoms with Crippen LogP contribution in [-0.2, 0) is 14.8 Å². The molecule has 1 rings (SSSR count). The second-order valence-corrected chi connectivity index (χ2v) is 5.83. The van der Waals surface area contributed by atoms with Gasteiger partial charge in [-0.15, -0.1) is 0 Å². The number of rotatable bonds is 6. The Bertz CT molecular complexity index is 500. The highest BCUT2D eigenvalue weighted by atomic mass is 32.2. The van der Waals surface area contributed by atoms with Crippen LogP contribution in [0.3, 0.4) is 0 Å². The molecule has 5 nitrogen and oxygen atoms in total. The zero-order valence-corrected chi connectivity index (χ0v) is 11.8. The van der Waals surface area contributed by atoms with Gasteiger partial charge in [-0.1, -0.05) is 6.07 Å². The molecule has 0 bridgehead atoms. The van der Waals surface area contributed by atoms with Gasteiger partial charge in [-0.25, -0.2) is 13.1 Å². The minimum Gasteiger partial charge on any atom is -0.398 e. The molecule has 0 aliphatic carbocycles. The lowest BCUT2D eigenvalue weighted by molar-refractivity contribution is 0.133. The lowest BCUT2D eigenvalue weighted by Gasteiger charge is -2.15. The van der Waals surface area contributed by atoms with Crippen LogP contribution in [0.2, 0.25) is 0 Å². The molecule has 0 spiro atoms. The third-order valence-corrected chi connectivity index (χ3v) is 4.28. The standard InChI is InChI=1S/C12H20N2O3S/c1-4-17-8-9(2)14-18(15,16)12-7-5-6-11(13)10(12)3/h5-7,9,14H,4,8,13H2,1-3H3. The van der Waals surface area contributed by atoms with Gasteiger partial charge in [0.1, 0.15) is 0 Å². The van der Waals surface area contributed by atoms with Gasteiger partial charge in [0.05, 0.1) is 11.5 Å². The van der Waals surface area contributed by atoms with Gasteiger partial charge >= 0.3 is 0 Å². The highest BCUT2D eigenvalue weighted by Crippen LogP contribution is 2.20. The Morgan fingerprint density at radius 2 is 2.11 bits per heavy atom. The number of sulfonamides is 1. The Labute approximate surface area is 108 Å². The molecule has 102 valence electrons. The molecule has 0 fully saturated rings. The Kier molecular flexibility index (Phi) is 5.13. The predicted octanol–water partition coefficient (Wildman–Crippen LogP) is 1.28. The minimum absolute atomic E-state index is 0.214. The van der Waals surface area contributed by atoms with Gasteiger partial charge in [0.2, 0.25) is 10.0 Å². The maximum Gasteiger partial charge on any atom is 0.241 e. The molecule has 18 heavy (non-hydrogen) atoms. The first kappa shape index (κ1) is 14.9. The van der Waals surface area contributed by atoms with Crippen molar-refractivity contribution >= 4 is 15.7 Å². The maximum absolute atomic E-state index is 12.2. The van der Waals surface area contributed by atoms with Gasteiger partial charge in [-0.2, -0.15) is 0 Å². The summed E-state index contributed by atoms with van der Waals surface area (Å²) in [6.45, 7) is 6.22. The molecule has 1 aromatic carbocycles. The van der Waals surface area contributed by atoms with Gasteiger partial charge in [0, 0.05) is 18.3 Å². The van der Waals surface area contributed by atoms with Crippen LogP contribution in [-0.4, -0.2) is 27.7 Å². The van der Waals surface area contributed by atoms with E-state index in [2.05, 4.69) is 4.72 Å². The number of nitrogens with one attached hydrogen (secondary N) is 1. The highest BCUT2D eigenvalue weighted by Gasteiger charge is 2.20. The van der Waals surface area contributed by atoms with E-state index in [9.17, 15) is 8.42 Å². The van der Waals surface area contributed by atoms with E-state index >= 15 is 0 Å². The van der Waals surface area contributed by atoms with Crippen molar-refractivity contribution in [2.45, 2.75) is 31.7 Å². The number of hydrogen-bond acceptors (Lipinski definition) is 4.